The Balaban J connectivity index is 2.48. The summed E-state index contributed by atoms with van der Waals surface area (Å²) in [5.74, 6) is 0.526. The molecule has 0 unspecified atom stereocenters. The summed E-state index contributed by atoms with van der Waals surface area (Å²) in [7, 11) is 0. The third-order valence-electron chi connectivity index (χ3n) is 2.45. The monoisotopic (exact) mass is 205 g/mol. The molecule has 1 aliphatic heterocycles. The zero-order chi connectivity index (χ0) is 10.8. The number of hydrogen-bond acceptors (Lipinski definition) is 3. The Morgan fingerprint density at radius 3 is 3.00 bits per heavy atom. The van der Waals surface area contributed by atoms with Crippen LogP contribution < -0.4 is 10.6 Å². The summed E-state index contributed by atoms with van der Waals surface area (Å²) in [4.78, 5) is 27.2. The van der Waals surface area contributed by atoms with Crippen LogP contribution in [-0.4, -0.2) is 23.8 Å². The fourth-order valence-corrected chi connectivity index (χ4v) is 1.73. The number of nitrogens with zero attached hydrogens (tertiary/aromatic N) is 2. The molecule has 2 amide bonds. The number of anilines is 1. The van der Waals surface area contributed by atoms with E-state index in [2.05, 4.69) is 4.98 Å². The van der Waals surface area contributed by atoms with Crippen molar-refractivity contribution in [2.75, 3.05) is 11.4 Å². The Hall–Kier alpha value is -1.91. The van der Waals surface area contributed by atoms with E-state index in [1.165, 1.54) is 4.90 Å². The molecular formula is C10H11N3O2. The van der Waals surface area contributed by atoms with Crippen LogP contribution in [0.15, 0.2) is 12.1 Å². The van der Waals surface area contributed by atoms with Gasteiger partial charge in [0.1, 0.15) is 11.5 Å². The maximum Gasteiger partial charge on any atom is 0.320 e. The molecule has 0 bridgehead atoms. The van der Waals surface area contributed by atoms with Crippen LogP contribution in [0, 0.1) is 0 Å². The number of primary amides is 1. The van der Waals surface area contributed by atoms with Crippen molar-refractivity contribution in [1.29, 1.82) is 0 Å². The number of pyridine rings is 1. The first kappa shape index (κ1) is 9.64. The number of fused-ring (bicyclic) bond motifs is 1. The molecule has 5 heteroatoms. The molecule has 2 rings (SSSR count). The van der Waals surface area contributed by atoms with E-state index in [4.69, 9.17) is 5.73 Å². The van der Waals surface area contributed by atoms with Gasteiger partial charge in [-0.25, -0.2) is 9.78 Å². The van der Waals surface area contributed by atoms with E-state index in [1.54, 1.807) is 6.07 Å². The Bertz CT molecular complexity index is 417. The molecule has 1 aromatic rings. The Morgan fingerprint density at radius 2 is 2.33 bits per heavy atom. The van der Waals surface area contributed by atoms with E-state index in [0.29, 0.717) is 24.3 Å². The van der Waals surface area contributed by atoms with Crippen LogP contribution in [0.4, 0.5) is 10.6 Å². The van der Waals surface area contributed by atoms with Crippen molar-refractivity contribution >= 4 is 18.1 Å². The van der Waals surface area contributed by atoms with Gasteiger partial charge in [0.25, 0.3) is 0 Å². The Kier molecular flexibility index (Phi) is 2.37. The highest BCUT2D eigenvalue weighted by Gasteiger charge is 2.22. The molecule has 0 aromatic carbocycles. The van der Waals surface area contributed by atoms with Gasteiger partial charge in [0.15, 0.2) is 6.29 Å². The van der Waals surface area contributed by atoms with E-state index in [0.717, 1.165) is 18.4 Å². The molecule has 5 nitrogen and oxygen atoms in total. The fourth-order valence-electron chi connectivity index (χ4n) is 1.73. The number of urea groups is 1. The average Bonchev–Trinajstić information content (AvgIpc) is 2.27. The smallest absolute Gasteiger partial charge is 0.320 e. The average molecular weight is 205 g/mol. The molecule has 0 radical (unpaired) electrons. The summed E-state index contributed by atoms with van der Waals surface area (Å²) in [5.41, 5.74) is 6.52. The van der Waals surface area contributed by atoms with E-state index in [1.807, 2.05) is 6.07 Å². The number of rotatable bonds is 1. The minimum atomic E-state index is -0.522. The normalized spacial score (nSPS) is 14.5. The SMILES string of the molecule is NC(=O)N1CCCc2ccc(C=O)nc21. The van der Waals surface area contributed by atoms with Gasteiger partial charge in [-0.1, -0.05) is 6.07 Å². The van der Waals surface area contributed by atoms with Crippen LogP contribution >= 0.6 is 0 Å². The van der Waals surface area contributed by atoms with Crippen LogP contribution in [0.5, 0.6) is 0 Å². The van der Waals surface area contributed by atoms with E-state index in [9.17, 15) is 9.59 Å². The lowest BCUT2D eigenvalue weighted by Gasteiger charge is -2.26. The minimum absolute atomic E-state index is 0.321. The molecule has 0 fully saturated rings. The number of hydrogen-bond donors (Lipinski definition) is 1. The predicted molar refractivity (Wildman–Crippen MR) is 54.9 cm³/mol. The molecule has 0 saturated carbocycles. The second-order valence-electron chi connectivity index (χ2n) is 3.43. The highest BCUT2D eigenvalue weighted by atomic mass is 16.2. The zero-order valence-electron chi connectivity index (χ0n) is 8.14. The first-order valence-corrected chi connectivity index (χ1v) is 4.74. The van der Waals surface area contributed by atoms with Gasteiger partial charge >= 0.3 is 6.03 Å². The van der Waals surface area contributed by atoms with Gasteiger partial charge in [-0.05, 0) is 24.5 Å². The maximum absolute atomic E-state index is 11.1. The Labute approximate surface area is 86.9 Å². The van der Waals surface area contributed by atoms with Crippen molar-refractivity contribution in [1.82, 2.24) is 4.98 Å². The molecule has 1 aromatic heterocycles. The van der Waals surface area contributed by atoms with Crippen LogP contribution in [0.25, 0.3) is 0 Å². The maximum atomic E-state index is 11.1. The van der Waals surface area contributed by atoms with Gasteiger partial charge in [0.05, 0.1) is 0 Å². The molecule has 0 atom stereocenters. The van der Waals surface area contributed by atoms with E-state index < -0.39 is 6.03 Å². The molecule has 78 valence electrons. The van der Waals surface area contributed by atoms with Gasteiger partial charge in [-0.3, -0.25) is 9.69 Å². The van der Waals surface area contributed by atoms with Gasteiger partial charge in [-0.2, -0.15) is 0 Å². The molecule has 0 aliphatic carbocycles. The molecule has 0 spiro atoms. The van der Waals surface area contributed by atoms with Crippen molar-refractivity contribution in [2.45, 2.75) is 12.8 Å². The fraction of sp³-hybridized carbons (Fsp3) is 0.300. The number of aldehydes is 1. The van der Waals surface area contributed by atoms with Crippen LogP contribution in [-0.2, 0) is 6.42 Å². The van der Waals surface area contributed by atoms with Gasteiger partial charge in [0.2, 0.25) is 0 Å². The number of amides is 2. The molecule has 2 heterocycles. The summed E-state index contributed by atoms with van der Waals surface area (Å²) in [6.07, 6.45) is 2.40. The van der Waals surface area contributed by atoms with Crippen molar-refractivity contribution in [3.8, 4) is 0 Å². The highest BCUT2D eigenvalue weighted by molar-refractivity contribution is 5.91. The van der Waals surface area contributed by atoms with Gasteiger partial charge in [0, 0.05) is 6.54 Å². The molecule has 0 saturated heterocycles. The lowest BCUT2D eigenvalue weighted by Crippen LogP contribution is -2.40. The molecule has 2 N–H and O–H groups in total. The lowest BCUT2D eigenvalue weighted by atomic mass is 10.1. The third kappa shape index (κ3) is 1.68. The number of carbonyl (C=O) groups is 2. The van der Waals surface area contributed by atoms with Crippen LogP contribution in [0.2, 0.25) is 0 Å². The molecule has 1 aliphatic rings. The van der Waals surface area contributed by atoms with Gasteiger partial charge in [-0.15, -0.1) is 0 Å². The van der Waals surface area contributed by atoms with Crippen LogP contribution in [0.1, 0.15) is 22.5 Å². The third-order valence-corrected chi connectivity index (χ3v) is 2.45. The van der Waals surface area contributed by atoms with E-state index in [-0.39, 0.29) is 0 Å². The standard InChI is InChI=1S/C10H11N3O2/c11-10(15)13-5-1-2-7-3-4-8(6-14)12-9(7)13/h3-4,6H,1-2,5H2,(H2,11,15). The van der Waals surface area contributed by atoms with Crippen molar-refractivity contribution in [2.24, 2.45) is 5.73 Å². The molecule has 15 heavy (non-hydrogen) atoms. The largest absolute Gasteiger partial charge is 0.351 e. The van der Waals surface area contributed by atoms with Crippen molar-refractivity contribution < 1.29 is 9.59 Å². The highest BCUT2D eigenvalue weighted by Crippen LogP contribution is 2.24. The second-order valence-corrected chi connectivity index (χ2v) is 3.43. The summed E-state index contributed by atoms with van der Waals surface area (Å²) in [6.45, 7) is 0.567. The summed E-state index contributed by atoms with van der Waals surface area (Å²) < 4.78 is 0. The first-order chi connectivity index (χ1) is 7.22. The zero-order valence-corrected chi connectivity index (χ0v) is 8.14. The minimum Gasteiger partial charge on any atom is -0.351 e. The van der Waals surface area contributed by atoms with E-state index >= 15 is 0 Å². The second kappa shape index (κ2) is 3.68. The number of aryl methyl sites for hydroxylation is 1. The van der Waals surface area contributed by atoms with Crippen LogP contribution in [0.3, 0.4) is 0 Å². The number of aromatic nitrogens is 1. The quantitative estimate of drug-likeness (QED) is 0.686. The summed E-state index contributed by atoms with van der Waals surface area (Å²) in [5, 5.41) is 0. The summed E-state index contributed by atoms with van der Waals surface area (Å²) >= 11 is 0. The Morgan fingerprint density at radius 1 is 1.53 bits per heavy atom. The topological polar surface area (TPSA) is 76.3 Å². The number of carbonyl (C=O) groups excluding carboxylic acids is 2. The van der Waals surface area contributed by atoms with Crippen molar-refractivity contribution in [3.63, 3.8) is 0 Å². The summed E-state index contributed by atoms with van der Waals surface area (Å²) in [6, 6.07) is 2.95. The van der Waals surface area contributed by atoms with Crippen molar-refractivity contribution in [3.05, 3.63) is 23.4 Å². The molecular weight excluding hydrogens is 194 g/mol. The van der Waals surface area contributed by atoms with Gasteiger partial charge < -0.3 is 5.73 Å². The first-order valence-electron chi connectivity index (χ1n) is 4.74. The number of nitrogens with two attached hydrogens (primary N) is 1. The predicted octanol–water partition coefficient (Wildman–Crippen LogP) is 0.725. The lowest BCUT2D eigenvalue weighted by molar-refractivity contribution is 0.111.